The van der Waals surface area contributed by atoms with Crippen LogP contribution < -0.4 is 14.9 Å². The van der Waals surface area contributed by atoms with Crippen LogP contribution in [0.15, 0.2) is 18.3 Å². The molecule has 0 spiro atoms. The second-order valence-corrected chi connectivity index (χ2v) is 5.42. The molecule has 6 heteroatoms. The first kappa shape index (κ1) is 13.2. The van der Waals surface area contributed by atoms with E-state index in [4.69, 9.17) is 14.0 Å². The molecule has 0 aliphatic carbocycles. The Hall–Kier alpha value is -1.27. The van der Waals surface area contributed by atoms with Gasteiger partial charge < -0.3 is 19.3 Å². The standard InChI is InChI=1S/C12H18BNO4/c1-11(2)12(3,4)18-13(17-11)9-6-7-14(15)10(8-9)16-5/h6-8H,1-5H3. The van der Waals surface area contributed by atoms with E-state index in [-0.39, 0.29) is 5.88 Å². The third-order valence-corrected chi connectivity index (χ3v) is 3.64. The van der Waals surface area contributed by atoms with Gasteiger partial charge in [0.2, 0.25) is 0 Å². The van der Waals surface area contributed by atoms with E-state index in [0.29, 0.717) is 4.73 Å². The zero-order valence-corrected chi connectivity index (χ0v) is 11.4. The number of methoxy groups -OCH3 is 1. The number of pyridine rings is 1. The minimum absolute atomic E-state index is 0.224. The van der Waals surface area contributed by atoms with Crippen LogP contribution in [0.2, 0.25) is 0 Å². The fourth-order valence-corrected chi connectivity index (χ4v) is 1.76. The van der Waals surface area contributed by atoms with E-state index in [2.05, 4.69) is 0 Å². The van der Waals surface area contributed by atoms with E-state index >= 15 is 0 Å². The van der Waals surface area contributed by atoms with Crippen LogP contribution in [0.25, 0.3) is 0 Å². The summed E-state index contributed by atoms with van der Waals surface area (Å²) in [5, 5.41) is 11.4. The molecule has 0 radical (unpaired) electrons. The Morgan fingerprint density at radius 1 is 1.22 bits per heavy atom. The summed E-state index contributed by atoms with van der Waals surface area (Å²) in [6, 6.07) is 3.31. The number of ether oxygens (including phenoxy) is 1. The molecule has 1 saturated heterocycles. The molecule has 1 aromatic heterocycles. The van der Waals surface area contributed by atoms with Crippen LogP contribution in [0.4, 0.5) is 0 Å². The van der Waals surface area contributed by atoms with Crippen molar-refractivity contribution in [3.63, 3.8) is 0 Å². The maximum Gasteiger partial charge on any atom is 0.495 e. The second-order valence-electron chi connectivity index (χ2n) is 5.42. The van der Waals surface area contributed by atoms with Crippen LogP contribution >= 0.6 is 0 Å². The average Bonchev–Trinajstić information content (AvgIpc) is 2.49. The first-order valence-electron chi connectivity index (χ1n) is 5.89. The van der Waals surface area contributed by atoms with Crippen LogP contribution in [0.1, 0.15) is 27.7 Å². The normalized spacial score (nSPS) is 21.1. The van der Waals surface area contributed by atoms with Gasteiger partial charge in [-0.15, -0.1) is 4.73 Å². The summed E-state index contributed by atoms with van der Waals surface area (Å²) in [4.78, 5) is 0. The number of hydrogen-bond donors (Lipinski definition) is 0. The molecule has 0 amide bonds. The fraction of sp³-hybridized carbons (Fsp3) is 0.583. The van der Waals surface area contributed by atoms with Gasteiger partial charge in [0, 0.05) is 6.07 Å². The largest absolute Gasteiger partial charge is 0.616 e. The van der Waals surface area contributed by atoms with Crippen molar-refractivity contribution >= 4 is 12.6 Å². The van der Waals surface area contributed by atoms with Gasteiger partial charge in [-0.2, -0.15) is 0 Å². The van der Waals surface area contributed by atoms with Crippen molar-refractivity contribution in [2.24, 2.45) is 0 Å². The molecule has 0 atom stereocenters. The van der Waals surface area contributed by atoms with E-state index in [0.717, 1.165) is 5.46 Å². The predicted octanol–water partition coefficient (Wildman–Crippen LogP) is 0.628. The first-order chi connectivity index (χ1) is 8.27. The molecule has 5 nitrogen and oxygen atoms in total. The van der Waals surface area contributed by atoms with Gasteiger partial charge in [0.25, 0.3) is 0 Å². The molecular formula is C12H18BNO4. The smallest absolute Gasteiger partial charge is 0.495 e. The van der Waals surface area contributed by atoms with Gasteiger partial charge in [0.1, 0.15) is 0 Å². The first-order valence-corrected chi connectivity index (χ1v) is 5.89. The van der Waals surface area contributed by atoms with Gasteiger partial charge in [-0.3, -0.25) is 0 Å². The monoisotopic (exact) mass is 251 g/mol. The van der Waals surface area contributed by atoms with Crippen LogP contribution in [-0.2, 0) is 9.31 Å². The van der Waals surface area contributed by atoms with Crippen molar-refractivity contribution in [3.8, 4) is 5.88 Å². The molecule has 2 rings (SSSR count). The number of nitrogens with zero attached hydrogens (tertiary/aromatic N) is 1. The fourth-order valence-electron chi connectivity index (χ4n) is 1.76. The Morgan fingerprint density at radius 3 is 2.28 bits per heavy atom. The van der Waals surface area contributed by atoms with Gasteiger partial charge in [0.15, 0.2) is 6.20 Å². The van der Waals surface area contributed by atoms with Gasteiger partial charge in [-0.25, -0.2) is 0 Å². The van der Waals surface area contributed by atoms with E-state index in [1.54, 1.807) is 12.1 Å². The highest BCUT2D eigenvalue weighted by Crippen LogP contribution is 2.36. The SMILES string of the molecule is COc1cc(B2OC(C)(C)C(C)(C)O2)cc[n+]1[O-]. The molecule has 98 valence electrons. The zero-order chi connectivity index (χ0) is 13.6. The molecule has 0 bridgehead atoms. The third kappa shape index (κ3) is 2.06. The predicted molar refractivity (Wildman–Crippen MR) is 67.7 cm³/mol. The molecule has 1 aliphatic rings. The van der Waals surface area contributed by atoms with Crippen molar-refractivity contribution < 1.29 is 18.8 Å². The minimum Gasteiger partial charge on any atom is -0.616 e. The molecule has 1 fully saturated rings. The Kier molecular flexibility index (Phi) is 3.03. The van der Waals surface area contributed by atoms with Crippen molar-refractivity contribution in [3.05, 3.63) is 23.5 Å². The molecule has 18 heavy (non-hydrogen) atoms. The highest BCUT2D eigenvalue weighted by atomic mass is 16.7. The van der Waals surface area contributed by atoms with Crippen LogP contribution in [-0.4, -0.2) is 25.4 Å². The number of rotatable bonds is 2. The average molecular weight is 251 g/mol. The topological polar surface area (TPSA) is 54.6 Å². The second kappa shape index (κ2) is 4.14. The van der Waals surface area contributed by atoms with Crippen molar-refractivity contribution in [2.45, 2.75) is 38.9 Å². The summed E-state index contributed by atoms with van der Waals surface area (Å²) in [5.41, 5.74) is -0.0138. The lowest BCUT2D eigenvalue weighted by molar-refractivity contribution is -0.612. The lowest BCUT2D eigenvalue weighted by Gasteiger charge is -2.32. The van der Waals surface area contributed by atoms with Crippen molar-refractivity contribution in [1.82, 2.24) is 0 Å². The summed E-state index contributed by atoms with van der Waals surface area (Å²) < 4.78 is 17.5. The summed E-state index contributed by atoms with van der Waals surface area (Å²) >= 11 is 0. The van der Waals surface area contributed by atoms with Crippen LogP contribution in [0.5, 0.6) is 5.88 Å². The quantitative estimate of drug-likeness (QED) is 0.439. The van der Waals surface area contributed by atoms with E-state index in [1.807, 2.05) is 27.7 Å². The maximum absolute atomic E-state index is 11.4. The zero-order valence-electron chi connectivity index (χ0n) is 11.4. The summed E-state index contributed by atoms with van der Waals surface area (Å²) in [6.45, 7) is 7.95. The molecule has 1 aliphatic heterocycles. The van der Waals surface area contributed by atoms with E-state index < -0.39 is 18.3 Å². The molecule has 0 N–H and O–H groups in total. The molecular weight excluding hydrogens is 233 g/mol. The number of aromatic nitrogens is 1. The third-order valence-electron chi connectivity index (χ3n) is 3.64. The lowest BCUT2D eigenvalue weighted by Crippen LogP contribution is -2.41. The van der Waals surface area contributed by atoms with Crippen LogP contribution in [0.3, 0.4) is 0 Å². The number of hydrogen-bond acceptors (Lipinski definition) is 4. The maximum atomic E-state index is 11.4. The molecule has 0 aromatic carbocycles. The Morgan fingerprint density at radius 2 is 1.78 bits per heavy atom. The highest BCUT2D eigenvalue weighted by molar-refractivity contribution is 6.62. The Bertz CT molecular complexity index is 445. The van der Waals surface area contributed by atoms with Gasteiger partial charge >= 0.3 is 13.0 Å². The molecule has 0 saturated carbocycles. The molecule has 0 unspecified atom stereocenters. The van der Waals surface area contributed by atoms with Crippen LogP contribution in [0, 0.1) is 5.21 Å². The minimum atomic E-state index is -0.481. The summed E-state index contributed by atoms with van der Waals surface area (Å²) in [7, 11) is 0.975. The Labute approximate surface area is 107 Å². The summed E-state index contributed by atoms with van der Waals surface area (Å²) in [6.07, 6.45) is 1.39. The molecule has 2 heterocycles. The van der Waals surface area contributed by atoms with Crippen molar-refractivity contribution in [1.29, 1.82) is 0 Å². The lowest BCUT2D eigenvalue weighted by atomic mass is 9.80. The van der Waals surface area contributed by atoms with Gasteiger partial charge in [-0.1, -0.05) is 0 Å². The van der Waals surface area contributed by atoms with Gasteiger partial charge in [-0.05, 0) is 33.2 Å². The molecule has 1 aromatic rings. The van der Waals surface area contributed by atoms with Gasteiger partial charge in [0.05, 0.1) is 24.4 Å². The Balaban J connectivity index is 2.30. The van der Waals surface area contributed by atoms with Crippen molar-refractivity contribution in [2.75, 3.05) is 7.11 Å². The van der Waals surface area contributed by atoms with E-state index in [9.17, 15) is 5.21 Å². The van der Waals surface area contributed by atoms with E-state index in [1.165, 1.54) is 13.3 Å². The highest BCUT2D eigenvalue weighted by Gasteiger charge is 2.52. The summed E-state index contributed by atoms with van der Waals surface area (Å²) in [5.74, 6) is 0.224.